The zero-order chi connectivity index (χ0) is 19.7. The molecule has 10 heteroatoms. The van der Waals surface area contributed by atoms with Gasteiger partial charge in [0.25, 0.3) is 5.69 Å². The number of furan rings is 1. The molecule has 2 atom stereocenters. The van der Waals surface area contributed by atoms with E-state index in [9.17, 15) is 14.9 Å². The van der Waals surface area contributed by atoms with Gasteiger partial charge in [-0.15, -0.1) is 0 Å². The lowest BCUT2D eigenvalue weighted by atomic mass is 9.93. The van der Waals surface area contributed by atoms with Crippen LogP contribution in [0.25, 0.3) is 11.3 Å². The van der Waals surface area contributed by atoms with Crippen LogP contribution >= 0.6 is 23.8 Å². The number of carbonyl (C=O) groups is 1. The van der Waals surface area contributed by atoms with Crippen LogP contribution in [0.2, 0.25) is 5.02 Å². The van der Waals surface area contributed by atoms with Gasteiger partial charge in [-0.3, -0.25) is 14.9 Å². The molecule has 3 rings (SSSR count). The zero-order valence-corrected chi connectivity index (χ0v) is 15.6. The van der Waals surface area contributed by atoms with Gasteiger partial charge in [-0.05, 0) is 36.5 Å². The summed E-state index contributed by atoms with van der Waals surface area (Å²) < 4.78 is 10.6. The number of esters is 1. The monoisotopic (exact) mass is 407 g/mol. The van der Waals surface area contributed by atoms with Crippen LogP contribution in [0.15, 0.2) is 47.0 Å². The summed E-state index contributed by atoms with van der Waals surface area (Å²) in [6, 6.07) is 6.80. The molecule has 0 bridgehead atoms. The van der Waals surface area contributed by atoms with E-state index in [-0.39, 0.29) is 27.1 Å². The van der Waals surface area contributed by atoms with E-state index in [1.54, 1.807) is 12.1 Å². The summed E-state index contributed by atoms with van der Waals surface area (Å²) >= 11 is 11.0. The average molecular weight is 408 g/mol. The molecule has 1 saturated heterocycles. The number of methoxy groups -OCH3 is 1. The van der Waals surface area contributed by atoms with Crippen molar-refractivity contribution in [2.45, 2.75) is 6.04 Å². The highest BCUT2D eigenvalue weighted by Crippen LogP contribution is 2.37. The van der Waals surface area contributed by atoms with Crippen LogP contribution in [0.1, 0.15) is 11.8 Å². The first kappa shape index (κ1) is 18.9. The molecule has 8 nitrogen and oxygen atoms in total. The predicted octanol–water partition coefficient (Wildman–Crippen LogP) is 3.33. The number of hydrogen-bond donors (Lipinski definition) is 2. The number of nitrogens with one attached hydrogen (secondary N) is 2. The van der Waals surface area contributed by atoms with Crippen LogP contribution in [0.3, 0.4) is 0 Å². The minimum Gasteiger partial charge on any atom is -0.468 e. The highest BCUT2D eigenvalue weighted by atomic mass is 35.5. The summed E-state index contributed by atoms with van der Waals surface area (Å²) in [5, 5.41) is 17.6. The number of thiocarbonyl (C=S) groups is 1. The zero-order valence-electron chi connectivity index (χ0n) is 14.0. The van der Waals surface area contributed by atoms with E-state index in [0.717, 1.165) is 0 Å². The first-order chi connectivity index (χ1) is 12.8. The Morgan fingerprint density at radius 1 is 1.41 bits per heavy atom. The Labute approximate surface area is 164 Å². The van der Waals surface area contributed by atoms with E-state index in [2.05, 4.69) is 17.2 Å². The van der Waals surface area contributed by atoms with Gasteiger partial charge in [-0.25, -0.2) is 0 Å². The predicted molar refractivity (Wildman–Crippen MR) is 102 cm³/mol. The van der Waals surface area contributed by atoms with Gasteiger partial charge in [-0.1, -0.05) is 18.2 Å². The number of hydrogen-bond acceptors (Lipinski definition) is 6. The summed E-state index contributed by atoms with van der Waals surface area (Å²) in [7, 11) is 1.27. The molecule has 0 unspecified atom stereocenters. The molecule has 1 aliphatic heterocycles. The highest BCUT2D eigenvalue weighted by molar-refractivity contribution is 7.80. The number of nitro groups is 1. The minimum absolute atomic E-state index is 0.189. The van der Waals surface area contributed by atoms with E-state index in [1.165, 1.54) is 25.3 Å². The smallest absolute Gasteiger partial charge is 0.317 e. The van der Waals surface area contributed by atoms with Crippen molar-refractivity contribution >= 4 is 40.6 Å². The van der Waals surface area contributed by atoms with Crippen LogP contribution in [0.5, 0.6) is 0 Å². The second-order valence-electron chi connectivity index (χ2n) is 5.72. The molecule has 1 fully saturated rings. The van der Waals surface area contributed by atoms with Crippen molar-refractivity contribution in [2.24, 2.45) is 5.92 Å². The Morgan fingerprint density at radius 2 is 2.15 bits per heavy atom. The Kier molecular flexibility index (Phi) is 5.15. The summed E-state index contributed by atoms with van der Waals surface area (Å²) in [6.07, 6.45) is 0. The molecule has 140 valence electrons. The van der Waals surface area contributed by atoms with E-state index in [1.807, 2.05) is 0 Å². The van der Waals surface area contributed by atoms with Crippen molar-refractivity contribution in [3.63, 3.8) is 0 Å². The largest absolute Gasteiger partial charge is 0.468 e. The Balaban J connectivity index is 2.02. The van der Waals surface area contributed by atoms with Gasteiger partial charge < -0.3 is 19.8 Å². The lowest BCUT2D eigenvalue weighted by Gasteiger charge is -2.33. The highest BCUT2D eigenvalue weighted by Gasteiger charge is 2.39. The fourth-order valence-electron chi connectivity index (χ4n) is 2.86. The molecule has 0 spiro atoms. The Morgan fingerprint density at radius 3 is 2.81 bits per heavy atom. The van der Waals surface area contributed by atoms with Crippen molar-refractivity contribution in [3.05, 3.63) is 63.5 Å². The fourth-order valence-corrected chi connectivity index (χ4v) is 3.28. The maximum absolute atomic E-state index is 12.2. The Hall–Kier alpha value is -2.91. The quantitative estimate of drug-likeness (QED) is 0.344. The third kappa shape index (κ3) is 3.64. The standard InChI is InChI=1S/C17H14ClN3O5S/c1-8-14(16(22)25-2)15(20-17(27)19-8)13-6-5-12(26-13)10-4-3-9(18)7-11(10)21(23)24/h3-7,14-15H,1H2,2H3,(H2,19,20,27)/t14-,15-/m1/s1. The number of carbonyl (C=O) groups excluding carboxylic acids is 1. The maximum Gasteiger partial charge on any atom is 0.317 e. The first-order valence-corrected chi connectivity index (χ1v) is 8.48. The molecule has 1 aliphatic rings. The lowest BCUT2D eigenvalue weighted by Crippen LogP contribution is -2.50. The van der Waals surface area contributed by atoms with Crippen LogP contribution < -0.4 is 10.6 Å². The van der Waals surface area contributed by atoms with Crippen LogP contribution in [0.4, 0.5) is 5.69 Å². The summed E-state index contributed by atoms with van der Waals surface area (Å²) in [6.45, 7) is 3.82. The minimum atomic E-state index is -0.791. The number of nitrogens with zero attached hydrogens (tertiary/aromatic N) is 1. The molecule has 0 saturated carbocycles. The molecule has 27 heavy (non-hydrogen) atoms. The second kappa shape index (κ2) is 7.37. The molecule has 0 aliphatic carbocycles. The molecular formula is C17H14ClN3O5S. The molecule has 2 aromatic rings. The van der Waals surface area contributed by atoms with Gasteiger partial charge >= 0.3 is 5.97 Å². The van der Waals surface area contributed by atoms with Gasteiger partial charge in [0, 0.05) is 16.8 Å². The molecule has 2 N–H and O–H groups in total. The van der Waals surface area contributed by atoms with Gasteiger partial charge in [0.05, 0.1) is 17.6 Å². The van der Waals surface area contributed by atoms with E-state index < -0.39 is 22.9 Å². The van der Waals surface area contributed by atoms with Gasteiger partial charge in [0.1, 0.15) is 23.5 Å². The van der Waals surface area contributed by atoms with Crippen LogP contribution in [0, 0.1) is 16.0 Å². The lowest BCUT2D eigenvalue weighted by molar-refractivity contribution is -0.384. The first-order valence-electron chi connectivity index (χ1n) is 7.70. The van der Waals surface area contributed by atoms with Crippen molar-refractivity contribution in [2.75, 3.05) is 7.11 Å². The fraction of sp³-hybridized carbons (Fsp3) is 0.176. The average Bonchev–Trinajstić information content (AvgIpc) is 3.10. The maximum atomic E-state index is 12.2. The van der Waals surface area contributed by atoms with Crippen molar-refractivity contribution in [3.8, 4) is 11.3 Å². The van der Waals surface area contributed by atoms with Crippen molar-refractivity contribution < 1.29 is 18.9 Å². The SMILES string of the molecule is C=C1NC(=S)N[C@H](c2ccc(-c3ccc(Cl)cc3[N+](=O)[O-])o2)[C@@H]1C(=O)OC. The van der Waals surface area contributed by atoms with Gasteiger partial charge in [-0.2, -0.15) is 0 Å². The molecule has 1 aromatic carbocycles. The summed E-state index contributed by atoms with van der Waals surface area (Å²) in [5.74, 6) is -0.702. The number of benzene rings is 1. The third-order valence-electron chi connectivity index (χ3n) is 4.08. The van der Waals surface area contributed by atoms with E-state index in [0.29, 0.717) is 11.5 Å². The topological polar surface area (TPSA) is 107 Å². The summed E-state index contributed by atoms with van der Waals surface area (Å²) in [5.41, 5.74) is 0.442. The molecule has 0 amide bonds. The summed E-state index contributed by atoms with van der Waals surface area (Å²) in [4.78, 5) is 22.9. The molecule has 2 heterocycles. The van der Waals surface area contributed by atoms with Crippen LogP contribution in [-0.4, -0.2) is 23.1 Å². The van der Waals surface area contributed by atoms with E-state index in [4.69, 9.17) is 33.0 Å². The van der Waals surface area contributed by atoms with Gasteiger partial charge in [0.15, 0.2) is 5.11 Å². The van der Waals surface area contributed by atoms with E-state index >= 15 is 0 Å². The van der Waals surface area contributed by atoms with Crippen LogP contribution in [-0.2, 0) is 9.53 Å². The number of nitro benzene ring substituents is 1. The number of halogens is 1. The van der Waals surface area contributed by atoms with Crippen molar-refractivity contribution in [1.82, 2.24) is 10.6 Å². The molecular weight excluding hydrogens is 394 g/mol. The molecule has 1 aromatic heterocycles. The van der Waals surface area contributed by atoms with Crippen molar-refractivity contribution in [1.29, 1.82) is 0 Å². The number of ether oxygens (including phenoxy) is 1. The molecule has 0 radical (unpaired) electrons. The second-order valence-corrected chi connectivity index (χ2v) is 6.57. The Bertz CT molecular complexity index is 958. The third-order valence-corrected chi connectivity index (χ3v) is 4.53. The number of rotatable bonds is 4. The van der Waals surface area contributed by atoms with Gasteiger partial charge in [0.2, 0.25) is 0 Å². The normalized spacial score (nSPS) is 19.2.